The van der Waals surface area contributed by atoms with Crippen LogP contribution in [0.4, 0.5) is 0 Å². The number of carbonyl (C=O) groups excluding carboxylic acids is 2. The molecule has 9 heteroatoms. The van der Waals surface area contributed by atoms with Crippen molar-refractivity contribution in [3.8, 4) is 5.88 Å². The van der Waals surface area contributed by atoms with Crippen molar-refractivity contribution in [2.24, 2.45) is 0 Å². The molecule has 2 heterocycles. The SMILES string of the molecule is CCOC(=O)C(CCCn1ncc2nc(Cl)nc(OC)c21)(C(C)=O)c1ccccc1. The minimum Gasteiger partial charge on any atom is -0.479 e. The van der Waals surface area contributed by atoms with Gasteiger partial charge >= 0.3 is 5.97 Å². The van der Waals surface area contributed by atoms with E-state index in [0.717, 1.165) is 0 Å². The lowest BCUT2D eigenvalue weighted by Gasteiger charge is -2.29. The summed E-state index contributed by atoms with van der Waals surface area (Å²) in [5.74, 6) is -0.485. The molecular weight excluding hydrogens is 408 g/mol. The molecule has 1 aromatic carbocycles. The van der Waals surface area contributed by atoms with Gasteiger partial charge in [0.1, 0.15) is 11.0 Å². The highest BCUT2D eigenvalue weighted by molar-refractivity contribution is 6.28. The second-order valence-electron chi connectivity index (χ2n) is 6.76. The molecule has 0 saturated heterocycles. The standard InChI is InChI=1S/C21H23ClN4O4/c1-4-30-19(28)21(14(2)27,15-9-6-5-7-10-15)11-8-12-26-17-16(13-23-26)24-20(22)25-18(17)29-3/h5-7,9-10,13H,4,8,11-12H2,1-3H3. The number of methoxy groups -OCH3 is 1. The van der Waals surface area contributed by atoms with Gasteiger partial charge in [0.25, 0.3) is 0 Å². The molecule has 0 spiro atoms. The fourth-order valence-electron chi connectivity index (χ4n) is 3.61. The number of benzene rings is 1. The van der Waals surface area contributed by atoms with Crippen molar-refractivity contribution in [3.63, 3.8) is 0 Å². The quantitative estimate of drug-likeness (QED) is 0.291. The maximum absolute atomic E-state index is 12.9. The number of esters is 1. The maximum atomic E-state index is 12.9. The molecule has 0 N–H and O–H groups in total. The number of aryl methyl sites for hydroxylation is 1. The smallest absolute Gasteiger partial charge is 0.324 e. The van der Waals surface area contributed by atoms with Crippen LogP contribution < -0.4 is 4.74 Å². The van der Waals surface area contributed by atoms with Crippen molar-refractivity contribution in [3.05, 3.63) is 47.4 Å². The molecule has 0 aliphatic carbocycles. The number of nitrogens with zero attached hydrogens (tertiary/aromatic N) is 4. The number of ether oxygens (including phenoxy) is 2. The first-order chi connectivity index (χ1) is 14.4. The molecule has 1 unspecified atom stereocenters. The van der Waals surface area contributed by atoms with Crippen LogP contribution in [0.25, 0.3) is 11.0 Å². The van der Waals surface area contributed by atoms with Gasteiger partial charge in [-0.3, -0.25) is 14.3 Å². The fourth-order valence-corrected chi connectivity index (χ4v) is 3.78. The molecule has 30 heavy (non-hydrogen) atoms. The highest BCUT2D eigenvalue weighted by atomic mass is 35.5. The molecule has 0 saturated carbocycles. The van der Waals surface area contributed by atoms with E-state index in [9.17, 15) is 9.59 Å². The van der Waals surface area contributed by atoms with Gasteiger partial charge in [0.05, 0.1) is 19.9 Å². The molecule has 2 aromatic heterocycles. The number of fused-ring (bicyclic) bond motifs is 1. The van der Waals surface area contributed by atoms with E-state index in [2.05, 4.69) is 15.1 Å². The second kappa shape index (κ2) is 9.21. The van der Waals surface area contributed by atoms with E-state index >= 15 is 0 Å². The Morgan fingerprint density at radius 3 is 2.57 bits per heavy atom. The van der Waals surface area contributed by atoms with Gasteiger partial charge in [-0.05, 0) is 43.9 Å². The highest BCUT2D eigenvalue weighted by Gasteiger charge is 2.45. The topological polar surface area (TPSA) is 96.2 Å². The summed E-state index contributed by atoms with van der Waals surface area (Å²) in [6, 6.07) is 9.01. The zero-order valence-corrected chi connectivity index (χ0v) is 17.8. The Balaban J connectivity index is 1.91. The van der Waals surface area contributed by atoms with Crippen LogP contribution in [-0.4, -0.2) is 45.2 Å². The zero-order valence-electron chi connectivity index (χ0n) is 17.1. The van der Waals surface area contributed by atoms with Crippen LogP contribution in [0.3, 0.4) is 0 Å². The van der Waals surface area contributed by atoms with Gasteiger partial charge in [-0.1, -0.05) is 30.3 Å². The second-order valence-corrected chi connectivity index (χ2v) is 7.09. The number of hydrogen-bond acceptors (Lipinski definition) is 7. The van der Waals surface area contributed by atoms with Crippen LogP contribution in [-0.2, 0) is 26.3 Å². The number of carbonyl (C=O) groups is 2. The summed E-state index contributed by atoms with van der Waals surface area (Å²) < 4.78 is 12.3. The fraction of sp³-hybridized carbons (Fsp3) is 0.381. The van der Waals surface area contributed by atoms with Crippen molar-refractivity contribution >= 4 is 34.4 Å². The summed E-state index contributed by atoms with van der Waals surface area (Å²) in [5, 5.41) is 4.41. The first-order valence-electron chi connectivity index (χ1n) is 9.60. The van der Waals surface area contributed by atoms with E-state index in [1.54, 1.807) is 42.1 Å². The first-order valence-corrected chi connectivity index (χ1v) is 9.98. The third kappa shape index (κ3) is 4.00. The van der Waals surface area contributed by atoms with E-state index in [1.807, 2.05) is 6.07 Å². The average Bonchev–Trinajstić information content (AvgIpc) is 3.13. The molecule has 1 atom stereocenters. The number of halogens is 1. The molecule has 0 aliphatic rings. The Bertz CT molecular complexity index is 1050. The van der Waals surface area contributed by atoms with Crippen molar-refractivity contribution < 1.29 is 19.1 Å². The zero-order chi connectivity index (χ0) is 21.7. The Hall–Kier alpha value is -3.00. The summed E-state index contributed by atoms with van der Waals surface area (Å²) in [7, 11) is 1.49. The van der Waals surface area contributed by atoms with Gasteiger partial charge in [-0.15, -0.1) is 0 Å². The first kappa shape index (κ1) is 21.7. The van der Waals surface area contributed by atoms with E-state index in [0.29, 0.717) is 35.4 Å². The normalized spacial score (nSPS) is 13.1. The van der Waals surface area contributed by atoms with E-state index < -0.39 is 11.4 Å². The Kier molecular flexibility index (Phi) is 6.66. The molecule has 158 valence electrons. The van der Waals surface area contributed by atoms with Crippen LogP contribution in [0.5, 0.6) is 5.88 Å². The van der Waals surface area contributed by atoms with Crippen LogP contribution in [0.2, 0.25) is 5.28 Å². The minimum absolute atomic E-state index is 0.0703. The van der Waals surface area contributed by atoms with Gasteiger partial charge in [-0.2, -0.15) is 10.1 Å². The van der Waals surface area contributed by atoms with Gasteiger partial charge < -0.3 is 9.47 Å². The summed E-state index contributed by atoms with van der Waals surface area (Å²) in [6.45, 7) is 3.76. The van der Waals surface area contributed by atoms with Gasteiger partial charge in [0.15, 0.2) is 11.2 Å². The Labute approximate surface area is 179 Å². The molecule has 0 radical (unpaired) electrons. The van der Waals surface area contributed by atoms with Gasteiger partial charge in [0, 0.05) is 6.54 Å². The number of Topliss-reactive ketones (excluding diaryl/α,β-unsaturated/α-hetero) is 1. The predicted molar refractivity (Wildman–Crippen MR) is 112 cm³/mol. The Morgan fingerprint density at radius 1 is 1.20 bits per heavy atom. The molecule has 0 fully saturated rings. The molecule has 0 amide bonds. The summed E-state index contributed by atoms with van der Waals surface area (Å²) in [5.41, 5.74) is 0.405. The van der Waals surface area contributed by atoms with Crippen molar-refractivity contribution in [2.75, 3.05) is 13.7 Å². The molecule has 8 nitrogen and oxygen atoms in total. The molecule has 3 rings (SSSR count). The summed E-state index contributed by atoms with van der Waals surface area (Å²) >= 11 is 5.92. The number of hydrogen-bond donors (Lipinski definition) is 0. The largest absolute Gasteiger partial charge is 0.479 e. The van der Waals surface area contributed by atoms with E-state index in [-0.39, 0.29) is 24.1 Å². The number of rotatable bonds is 9. The van der Waals surface area contributed by atoms with Crippen molar-refractivity contribution in [2.45, 2.75) is 38.6 Å². The van der Waals surface area contributed by atoms with E-state index in [1.165, 1.54) is 14.0 Å². The minimum atomic E-state index is -1.37. The summed E-state index contributed by atoms with van der Waals surface area (Å²) in [6.07, 6.45) is 2.32. The van der Waals surface area contributed by atoms with Gasteiger partial charge in [0.2, 0.25) is 11.2 Å². The van der Waals surface area contributed by atoms with Crippen molar-refractivity contribution in [1.29, 1.82) is 0 Å². The van der Waals surface area contributed by atoms with E-state index in [4.69, 9.17) is 21.1 Å². The third-order valence-corrected chi connectivity index (χ3v) is 5.20. The summed E-state index contributed by atoms with van der Waals surface area (Å²) in [4.78, 5) is 33.9. The van der Waals surface area contributed by atoms with Crippen LogP contribution in [0.1, 0.15) is 32.3 Å². The van der Waals surface area contributed by atoms with Crippen LogP contribution in [0, 0.1) is 0 Å². The lowest BCUT2D eigenvalue weighted by Crippen LogP contribution is -2.44. The molecule has 0 aliphatic heterocycles. The lowest BCUT2D eigenvalue weighted by molar-refractivity contribution is -0.154. The lowest BCUT2D eigenvalue weighted by atomic mass is 9.73. The highest BCUT2D eigenvalue weighted by Crippen LogP contribution is 2.33. The Morgan fingerprint density at radius 2 is 1.93 bits per heavy atom. The van der Waals surface area contributed by atoms with Crippen LogP contribution in [0.15, 0.2) is 36.5 Å². The van der Waals surface area contributed by atoms with Crippen LogP contribution >= 0.6 is 11.6 Å². The van der Waals surface area contributed by atoms with Crippen molar-refractivity contribution in [1.82, 2.24) is 19.7 Å². The molecule has 0 bridgehead atoms. The number of aromatic nitrogens is 4. The third-order valence-electron chi connectivity index (χ3n) is 5.04. The number of ketones is 1. The van der Waals surface area contributed by atoms with Gasteiger partial charge in [-0.25, -0.2) is 4.98 Å². The maximum Gasteiger partial charge on any atom is 0.324 e. The monoisotopic (exact) mass is 430 g/mol. The average molecular weight is 431 g/mol. The molecular formula is C21H23ClN4O4. The molecule has 3 aromatic rings. The predicted octanol–water partition coefficient (Wildman–Crippen LogP) is 3.36.